The van der Waals surface area contributed by atoms with Gasteiger partial charge in [0.15, 0.2) is 0 Å². The van der Waals surface area contributed by atoms with Crippen LogP contribution < -0.4 is 5.32 Å². The van der Waals surface area contributed by atoms with Crippen LogP contribution >= 0.6 is 27.3 Å². The van der Waals surface area contributed by atoms with Gasteiger partial charge in [-0.25, -0.2) is 0 Å². The van der Waals surface area contributed by atoms with Crippen LogP contribution in [0.1, 0.15) is 18.1 Å². The van der Waals surface area contributed by atoms with Crippen molar-refractivity contribution in [1.82, 2.24) is 4.90 Å². The third kappa shape index (κ3) is 2.07. The van der Waals surface area contributed by atoms with Crippen LogP contribution in [0.15, 0.2) is 34.9 Å². The Morgan fingerprint density at radius 2 is 2.12 bits per heavy atom. The lowest BCUT2D eigenvalue weighted by Crippen LogP contribution is -2.30. The van der Waals surface area contributed by atoms with E-state index in [1.807, 2.05) is 6.92 Å². The molecule has 17 heavy (non-hydrogen) atoms. The lowest BCUT2D eigenvalue weighted by atomic mass is 10.1. The minimum Gasteiger partial charge on any atom is -0.333 e. The highest BCUT2D eigenvalue weighted by Crippen LogP contribution is 2.45. The topological polar surface area (TPSA) is 15.3 Å². The Bertz CT molecular complexity index is 528. The molecular formula is C13H15BrN2S. The maximum absolute atomic E-state index is 4.18. The van der Waals surface area contributed by atoms with Crippen molar-refractivity contribution < 1.29 is 0 Å². The van der Waals surface area contributed by atoms with E-state index >= 15 is 0 Å². The number of fused-ring (bicyclic) bond motifs is 1. The summed E-state index contributed by atoms with van der Waals surface area (Å²) in [4.78, 5) is 2.07. The minimum absolute atomic E-state index is 0.747. The molecule has 1 aromatic rings. The van der Waals surface area contributed by atoms with Crippen LogP contribution in [-0.2, 0) is 0 Å². The minimum atomic E-state index is 0.747. The van der Waals surface area contributed by atoms with E-state index < -0.39 is 0 Å². The molecule has 0 bridgehead atoms. The fourth-order valence-electron chi connectivity index (χ4n) is 1.88. The summed E-state index contributed by atoms with van der Waals surface area (Å²) in [7, 11) is 0. The molecular weight excluding hydrogens is 296 g/mol. The van der Waals surface area contributed by atoms with Gasteiger partial charge < -0.3 is 10.2 Å². The van der Waals surface area contributed by atoms with Crippen LogP contribution in [0, 0.1) is 6.92 Å². The average molecular weight is 311 g/mol. The number of anilines is 1. The summed E-state index contributed by atoms with van der Waals surface area (Å²) in [5.41, 5.74) is 4.48. The first kappa shape index (κ1) is 12.5. The third-order valence-corrected chi connectivity index (χ3v) is 4.79. The van der Waals surface area contributed by atoms with Crippen molar-refractivity contribution in [2.24, 2.45) is 0 Å². The molecule has 4 heteroatoms. The molecule has 1 aromatic heterocycles. The smallest absolute Gasteiger partial charge is 0.105 e. The molecule has 0 saturated carbocycles. The fourth-order valence-corrected chi connectivity index (χ4v) is 3.54. The quantitative estimate of drug-likeness (QED) is 0.805. The van der Waals surface area contributed by atoms with Crippen molar-refractivity contribution in [3.63, 3.8) is 0 Å². The van der Waals surface area contributed by atoms with Gasteiger partial charge in [-0.3, -0.25) is 0 Å². The lowest BCUT2D eigenvalue weighted by Gasteiger charge is -2.34. The van der Waals surface area contributed by atoms with Gasteiger partial charge in [0.1, 0.15) is 10.8 Å². The third-order valence-electron chi connectivity index (χ3n) is 2.71. The fraction of sp³-hybridized carbons (Fsp3) is 0.231. The molecule has 0 aromatic carbocycles. The van der Waals surface area contributed by atoms with Gasteiger partial charge in [-0.1, -0.05) is 25.3 Å². The number of thiophene rings is 1. The summed E-state index contributed by atoms with van der Waals surface area (Å²) < 4.78 is 1.14. The Hall–Kier alpha value is -1.00. The van der Waals surface area contributed by atoms with Crippen LogP contribution in [0.2, 0.25) is 0 Å². The van der Waals surface area contributed by atoms with Crippen molar-refractivity contribution in [3.05, 3.63) is 46.0 Å². The number of hydrogen-bond acceptors (Lipinski definition) is 3. The first-order chi connectivity index (χ1) is 7.91. The van der Waals surface area contributed by atoms with Crippen LogP contribution in [0.5, 0.6) is 0 Å². The Kier molecular flexibility index (Phi) is 3.19. The molecule has 2 rings (SSSR count). The summed E-state index contributed by atoms with van der Waals surface area (Å²) in [6.07, 6.45) is 0. The van der Waals surface area contributed by atoms with Gasteiger partial charge in [0, 0.05) is 17.8 Å². The van der Waals surface area contributed by atoms with E-state index in [9.17, 15) is 0 Å². The zero-order chi connectivity index (χ0) is 12.7. The number of nitrogens with zero attached hydrogens (tertiary/aromatic N) is 1. The molecule has 0 saturated heterocycles. The van der Waals surface area contributed by atoms with Gasteiger partial charge in [-0.15, -0.1) is 11.3 Å². The Balaban J connectivity index is 2.45. The van der Waals surface area contributed by atoms with E-state index in [-0.39, 0.29) is 0 Å². The van der Waals surface area contributed by atoms with Gasteiger partial charge in [-0.05, 0) is 35.3 Å². The van der Waals surface area contributed by atoms with Crippen molar-refractivity contribution in [1.29, 1.82) is 0 Å². The second kappa shape index (κ2) is 4.35. The molecule has 0 atom stereocenters. The van der Waals surface area contributed by atoms with E-state index in [0.717, 1.165) is 32.4 Å². The predicted octanol–water partition coefficient (Wildman–Crippen LogP) is 4.56. The zero-order valence-corrected chi connectivity index (χ0v) is 12.5. The average Bonchev–Trinajstić information content (AvgIpc) is 2.49. The van der Waals surface area contributed by atoms with Crippen molar-refractivity contribution in [3.8, 4) is 0 Å². The molecule has 1 aliphatic rings. The maximum atomic E-state index is 4.18. The van der Waals surface area contributed by atoms with Crippen LogP contribution in [0.4, 0.5) is 5.00 Å². The Morgan fingerprint density at radius 1 is 1.47 bits per heavy atom. The molecule has 1 N–H and O–H groups in total. The van der Waals surface area contributed by atoms with E-state index in [1.165, 1.54) is 11.1 Å². The molecule has 1 aliphatic heterocycles. The normalized spacial score (nSPS) is 14.6. The van der Waals surface area contributed by atoms with Gasteiger partial charge in [-0.2, -0.15) is 0 Å². The van der Waals surface area contributed by atoms with Gasteiger partial charge in [0.25, 0.3) is 0 Å². The monoisotopic (exact) mass is 310 g/mol. The highest BCUT2D eigenvalue weighted by atomic mass is 79.9. The second-order valence-electron chi connectivity index (χ2n) is 4.27. The standard InChI is InChI=1S/C13H15BrN2S/c1-7(2)6-16-9(4)11-8(3)12(14)17-13(11)15-10(16)5/h15H,1,4-6H2,2-3H3. The maximum Gasteiger partial charge on any atom is 0.105 e. The molecule has 90 valence electrons. The first-order valence-electron chi connectivity index (χ1n) is 5.27. The SMILES string of the molecule is C=C(C)CN1C(=C)Nc2sc(Br)c(C)c2C1=C. The molecule has 0 spiro atoms. The molecule has 0 unspecified atom stereocenters. The van der Waals surface area contributed by atoms with Crippen LogP contribution in [-0.4, -0.2) is 11.4 Å². The predicted molar refractivity (Wildman–Crippen MR) is 80.1 cm³/mol. The highest BCUT2D eigenvalue weighted by Gasteiger charge is 2.26. The van der Waals surface area contributed by atoms with Crippen LogP contribution in [0.3, 0.4) is 0 Å². The summed E-state index contributed by atoms with van der Waals surface area (Å²) >= 11 is 5.25. The van der Waals surface area contributed by atoms with Gasteiger partial charge in [0.2, 0.25) is 0 Å². The van der Waals surface area contributed by atoms with Crippen LogP contribution in [0.25, 0.3) is 5.70 Å². The number of rotatable bonds is 2. The van der Waals surface area contributed by atoms with Gasteiger partial charge >= 0.3 is 0 Å². The lowest BCUT2D eigenvalue weighted by molar-refractivity contribution is 0.531. The van der Waals surface area contributed by atoms with E-state index in [2.05, 4.69) is 52.8 Å². The molecule has 0 amide bonds. The first-order valence-corrected chi connectivity index (χ1v) is 6.88. The summed E-state index contributed by atoms with van der Waals surface area (Å²) in [6, 6.07) is 0. The molecule has 2 nitrogen and oxygen atoms in total. The zero-order valence-electron chi connectivity index (χ0n) is 10.1. The largest absolute Gasteiger partial charge is 0.333 e. The molecule has 2 heterocycles. The van der Waals surface area contributed by atoms with E-state index in [0.29, 0.717) is 0 Å². The summed E-state index contributed by atoms with van der Waals surface area (Å²) in [6.45, 7) is 17.0. The molecule has 0 aliphatic carbocycles. The van der Waals surface area contributed by atoms with Crippen molar-refractivity contribution in [2.75, 3.05) is 11.9 Å². The Morgan fingerprint density at radius 3 is 2.71 bits per heavy atom. The molecule has 0 radical (unpaired) electrons. The molecule has 0 fully saturated rings. The number of hydrogen-bond donors (Lipinski definition) is 1. The number of halogens is 1. The van der Waals surface area contributed by atoms with E-state index in [4.69, 9.17) is 0 Å². The highest BCUT2D eigenvalue weighted by molar-refractivity contribution is 9.11. The number of nitrogens with one attached hydrogen (secondary N) is 1. The summed E-state index contributed by atoms with van der Waals surface area (Å²) in [5.74, 6) is 0.860. The summed E-state index contributed by atoms with van der Waals surface area (Å²) in [5, 5.41) is 4.44. The Labute approximate surface area is 114 Å². The second-order valence-corrected chi connectivity index (χ2v) is 6.61. The van der Waals surface area contributed by atoms with E-state index in [1.54, 1.807) is 11.3 Å². The van der Waals surface area contributed by atoms with Gasteiger partial charge in [0.05, 0.1) is 3.79 Å². The van der Waals surface area contributed by atoms with Crippen molar-refractivity contribution in [2.45, 2.75) is 13.8 Å². The van der Waals surface area contributed by atoms with Crippen molar-refractivity contribution >= 4 is 38.0 Å².